The van der Waals surface area contributed by atoms with Gasteiger partial charge < -0.3 is 9.84 Å². The average molecular weight is 439 g/mol. The molecule has 7 nitrogen and oxygen atoms in total. The molecule has 3 aromatic rings. The molecular formula is C22H18FN3O4S. The number of aromatic nitrogens is 2. The van der Waals surface area contributed by atoms with E-state index in [2.05, 4.69) is 10.2 Å². The Balaban J connectivity index is 1.87. The summed E-state index contributed by atoms with van der Waals surface area (Å²) >= 11 is 1.15. The smallest absolute Gasteiger partial charge is 0.301 e. The molecule has 158 valence electrons. The minimum Gasteiger partial charge on any atom is -0.507 e. The predicted octanol–water partition coefficient (Wildman–Crippen LogP) is 4.01. The maximum absolute atomic E-state index is 13.5. The third-order valence-electron chi connectivity index (χ3n) is 4.79. The molecule has 1 aliphatic rings. The fraction of sp³-hybridized carbons (Fsp3) is 0.182. The van der Waals surface area contributed by atoms with Crippen molar-refractivity contribution in [3.8, 4) is 5.75 Å². The fourth-order valence-electron chi connectivity index (χ4n) is 3.40. The number of halogens is 1. The van der Waals surface area contributed by atoms with Crippen molar-refractivity contribution in [1.82, 2.24) is 10.2 Å². The largest absolute Gasteiger partial charge is 0.507 e. The zero-order chi connectivity index (χ0) is 22.1. The Morgan fingerprint density at radius 2 is 1.81 bits per heavy atom. The average Bonchev–Trinajstić information content (AvgIpc) is 3.30. The maximum Gasteiger partial charge on any atom is 0.301 e. The number of aryl methyl sites for hydroxylation is 1. The van der Waals surface area contributed by atoms with Gasteiger partial charge in [-0.3, -0.25) is 14.5 Å². The van der Waals surface area contributed by atoms with Crippen LogP contribution in [0.3, 0.4) is 0 Å². The first-order valence-corrected chi connectivity index (χ1v) is 10.3. The Labute approximate surface area is 181 Å². The molecule has 2 heterocycles. The van der Waals surface area contributed by atoms with Gasteiger partial charge in [0.25, 0.3) is 5.78 Å². The summed E-state index contributed by atoms with van der Waals surface area (Å²) < 4.78 is 18.9. The monoisotopic (exact) mass is 439 g/mol. The molecule has 4 rings (SSSR count). The first-order chi connectivity index (χ1) is 14.9. The van der Waals surface area contributed by atoms with Crippen LogP contribution in [0.2, 0.25) is 0 Å². The van der Waals surface area contributed by atoms with Crippen LogP contribution in [-0.2, 0) is 9.59 Å². The lowest BCUT2D eigenvalue weighted by Gasteiger charge is -2.22. The van der Waals surface area contributed by atoms with Crippen LogP contribution >= 0.6 is 11.3 Å². The molecule has 0 saturated carbocycles. The molecule has 0 radical (unpaired) electrons. The number of carbonyl (C=O) groups excluding carboxylic acids is 2. The van der Waals surface area contributed by atoms with Crippen LogP contribution in [0.25, 0.3) is 5.76 Å². The SMILES string of the molecule is CCOc1ccc(/C(O)=C2\C(=O)C(=O)N(c3nnc(C)s3)[C@@H]2c2ccc(F)cc2)cc1. The standard InChI is InChI=1S/C22H18FN3O4S/c1-3-30-16-10-6-14(7-11-16)19(27)17-18(13-4-8-15(23)9-5-13)26(21(29)20(17)28)22-25-24-12(2)31-22/h4-11,18,27H,3H2,1-2H3/b19-17+/t18-/m1/s1. The summed E-state index contributed by atoms with van der Waals surface area (Å²) in [4.78, 5) is 27.1. The van der Waals surface area contributed by atoms with Gasteiger partial charge in [0.2, 0.25) is 5.13 Å². The molecule has 2 aromatic carbocycles. The number of nitrogens with zero attached hydrogens (tertiary/aromatic N) is 3. The summed E-state index contributed by atoms with van der Waals surface area (Å²) in [5.41, 5.74) is 0.705. The molecular weight excluding hydrogens is 421 g/mol. The van der Waals surface area contributed by atoms with E-state index in [1.807, 2.05) is 6.92 Å². The molecule has 1 N–H and O–H groups in total. The lowest BCUT2D eigenvalue weighted by atomic mass is 9.95. The Bertz CT molecular complexity index is 1170. The highest BCUT2D eigenvalue weighted by Gasteiger charge is 2.48. The van der Waals surface area contributed by atoms with Crippen LogP contribution in [0, 0.1) is 12.7 Å². The van der Waals surface area contributed by atoms with E-state index in [1.165, 1.54) is 29.2 Å². The lowest BCUT2D eigenvalue weighted by molar-refractivity contribution is -0.132. The number of anilines is 1. The summed E-state index contributed by atoms with van der Waals surface area (Å²) in [5, 5.41) is 19.8. The van der Waals surface area contributed by atoms with Gasteiger partial charge in [-0.25, -0.2) is 4.39 Å². The number of ether oxygens (including phenoxy) is 1. The lowest BCUT2D eigenvalue weighted by Crippen LogP contribution is -2.29. The van der Waals surface area contributed by atoms with Crippen molar-refractivity contribution in [3.05, 3.63) is 76.1 Å². The normalized spacial score (nSPS) is 17.9. The number of hydrogen-bond acceptors (Lipinski definition) is 7. The topological polar surface area (TPSA) is 92.6 Å². The van der Waals surface area contributed by atoms with Crippen molar-refractivity contribution in [2.45, 2.75) is 19.9 Å². The Morgan fingerprint density at radius 3 is 2.39 bits per heavy atom. The molecule has 0 unspecified atom stereocenters. The number of rotatable bonds is 5. The number of benzene rings is 2. The number of aliphatic hydroxyl groups excluding tert-OH is 1. The number of ketones is 1. The predicted molar refractivity (Wildman–Crippen MR) is 113 cm³/mol. The summed E-state index contributed by atoms with van der Waals surface area (Å²) in [6, 6.07) is 11.0. The van der Waals surface area contributed by atoms with Crippen molar-refractivity contribution in [3.63, 3.8) is 0 Å². The maximum atomic E-state index is 13.5. The number of hydrogen-bond donors (Lipinski definition) is 1. The molecule has 31 heavy (non-hydrogen) atoms. The van der Waals surface area contributed by atoms with Crippen molar-refractivity contribution in [1.29, 1.82) is 0 Å². The third kappa shape index (κ3) is 3.79. The van der Waals surface area contributed by atoms with E-state index in [0.717, 1.165) is 11.3 Å². The zero-order valence-corrected chi connectivity index (χ0v) is 17.5. The number of aliphatic hydroxyl groups is 1. The highest BCUT2D eigenvalue weighted by atomic mass is 32.1. The molecule has 0 bridgehead atoms. The second kappa shape index (κ2) is 8.27. The minimum atomic E-state index is -0.973. The third-order valence-corrected chi connectivity index (χ3v) is 5.63. The quantitative estimate of drug-likeness (QED) is 0.367. The highest BCUT2D eigenvalue weighted by Crippen LogP contribution is 2.43. The Hall–Kier alpha value is -3.59. The number of carbonyl (C=O) groups is 2. The summed E-state index contributed by atoms with van der Waals surface area (Å²) in [5.74, 6) is -1.87. The van der Waals surface area contributed by atoms with Crippen molar-refractivity contribution >= 4 is 33.9 Å². The van der Waals surface area contributed by atoms with Crippen LogP contribution in [0.15, 0.2) is 54.1 Å². The molecule has 9 heteroatoms. The van der Waals surface area contributed by atoms with E-state index in [0.29, 0.717) is 28.5 Å². The van der Waals surface area contributed by atoms with Gasteiger partial charge >= 0.3 is 5.91 Å². The molecule has 1 aromatic heterocycles. The molecule has 1 aliphatic heterocycles. The van der Waals surface area contributed by atoms with Crippen molar-refractivity contribution in [2.24, 2.45) is 0 Å². The molecule has 1 amide bonds. The van der Waals surface area contributed by atoms with E-state index in [-0.39, 0.29) is 16.5 Å². The zero-order valence-electron chi connectivity index (χ0n) is 16.7. The molecule has 1 saturated heterocycles. The van der Waals surface area contributed by atoms with Gasteiger partial charge in [-0.2, -0.15) is 0 Å². The van der Waals surface area contributed by atoms with Gasteiger partial charge in [0.05, 0.1) is 18.2 Å². The highest BCUT2D eigenvalue weighted by molar-refractivity contribution is 7.15. The molecule has 0 spiro atoms. The molecule has 1 fully saturated rings. The summed E-state index contributed by atoms with van der Waals surface area (Å²) in [6.45, 7) is 4.07. The van der Waals surface area contributed by atoms with E-state index >= 15 is 0 Å². The van der Waals surface area contributed by atoms with Gasteiger partial charge in [-0.05, 0) is 55.8 Å². The number of Topliss-reactive ketones (excluding diaryl/α,β-unsaturated/α-hetero) is 1. The van der Waals surface area contributed by atoms with E-state index < -0.39 is 23.5 Å². The van der Waals surface area contributed by atoms with Crippen LogP contribution in [0.4, 0.5) is 9.52 Å². The second-order valence-electron chi connectivity index (χ2n) is 6.78. The number of amides is 1. The fourth-order valence-corrected chi connectivity index (χ4v) is 4.12. The van der Waals surface area contributed by atoms with Crippen LogP contribution in [0.5, 0.6) is 5.75 Å². The van der Waals surface area contributed by atoms with Crippen LogP contribution < -0.4 is 9.64 Å². The first kappa shape index (κ1) is 20.7. The van der Waals surface area contributed by atoms with Gasteiger partial charge in [0, 0.05) is 5.56 Å². The van der Waals surface area contributed by atoms with E-state index in [9.17, 15) is 19.1 Å². The van der Waals surface area contributed by atoms with Crippen molar-refractivity contribution < 1.29 is 23.8 Å². The Morgan fingerprint density at radius 1 is 1.13 bits per heavy atom. The Kier molecular flexibility index (Phi) is 5.51. The molecule has 1 atom stereocenters. The molecule has 0 aliphatic carbocycles. The van der Waals surface area contributed by atoms with Gasteiger partial charge in [0.15, 0.2) is 0 Å². The first-order valence-electron chi connectivity index (χ1n) is 9.50. The van der Waals surface area contributed by atoms with Gasteiger partial charge in [-0.1, -0.05) is 23.5 Å². The van der Waals surface area contributed by atoms with E-state index in [4.69, 9.17) is 4.74 Å². The summed E-state index contributed by atoms with van der Waals surface area (Å²) in [6.07, 6.45) is 0. The van der Waals surface area contributed by atoms with Gasteiger partial charge in [0.1, 0.15) is 22.3 Å². The van der Waals surface area contributed by atoms with E-state index in [1.54, 1.807) is 31.2 Å². The van der Waals surface area contributed by atoms with Crippen LogP contribution in [0.1, 0.15) is 29.1 Å². The van der Waals surface area contributed by atoms with Gasteiger partial charge in [-0.15, -0.1) is 10.2 Å². The summed E-state index contributed by atoms with van der Waals surface area (Å²) in [7, 11) is 0. The minimum absolute atomic E-state index is 0.103. The van der Waals surface area contributed by atoms with Crippen LogP contribution in [-0.4, -0.2) is 33.6 Å². The van der Waals surface area contributed by atoms with Crippen molar-refractivity contribution in [2.75, 3.05) is 11.5 Å². The second-order valence-corrected chi connectivity index (χ2v) is 7.94.